The normalized spacial score (nSPS) is 19.6. The first-order valence-electron chi connectivity index (χ1n) is 9.99. The van der Waals surface area contributed by atoms with Crippen LogP contribution in [0.3, 0.4) is 0 Å². The highest BCUT2D eigenvalue weighted by atomic mass is 16.3. The fourth-order valence-corrected chi connectivity index (χ4v) is 3.67. The van der Waals surface area contributed by atoms with Gasteiger partial charge in [0.25, 0.3) is 5.91 Å². The molecule has 2 aliphatic heterocycles. The van der Waals surface area contributed by atoms with Crippen molar-refractivity contribution in [2.24, 2.45) is 4.99 Å². The van der Waals surface area contributed by atoms with Crippen LogP contribution in [0.4, 0.5) is 11.4 Å². The first-order chi connectivity index (χ1) is 13.8. The van der Waals surface area contributed by atoms with Gasteiger partial charge in [0.1, 0.15) is 5.75 Å². The number of aromatic hydroxyl groups is 1. The smallest absolute Gasteiger partial charge is 0.260 e. The molecule has 1 unspecified atom stereocenters. The number of amides is 1. The Labute approximate surface area is 173 Å². The number of aryl methyl sites for hydroxylation is 1. The summed E-state index contributed by atoms with van der Waals surface area (Å²) in [5.74, 6) is 0.0659. The Morgan fingerprint density at radius 2 is 1.79 bits per heavy atom. The Morgan fingerprint density at radius 1 is 1.14 bits per heavy atom. The summed E-state index contributed by atoms with van der Waals surface area (Å²) >= 11 is 0. The van der Waals surface area contributed by atoms with E-state index in [-0.39, 0.29) is 11.7 Å². The van der Waals surface area contributed by atoms with Crippen LogP contribution in [0.15, 0.2) is 47.6 Å². The van der Waals surface area contributed by atoms with E-state index < -0.39 is 5.54 Å². The molecule has 5 heteroatoms. The first-order valence-corrected chi connectivity index (χ1v) is 9.99. The Hall–Kier alpha value is -3.08. The zero-order valence-corrected chi connectivity index (χ0v) is 18.0. The molecular weight excluding hydrogens is 362 g/mol. The molecule has 2 aromatic rings. The van der Waals surface area contributed by atoms with Gasteiger partial charge in [-0.25, -0.2) is 0 Å². The fourth-order valence-electron chi connectivity index (χ4n) is 3.67. The minimum absolute atomic E-state index is 0.0898. The van der Waals surface area contributed by atoms with Gasteiger partial charge in [-0.3, -0.25) is 9.79 Å². The number of fused-ring (bicyclic) bond motifs is 2. The van der Waals surface area contributed by atoms with Gasteiger partial charge in [0, 0.05) is 44.7 Å². The molecule has 0 saturated carbocycles. The highest BCUT2D eigenvalue weighted by Gasteiger charge is 2.41. The number of aliphatic imine (C=N–C) groups is 1. The highest BCUT2D eigenvalue weighted by molar-refractivity contribution is 6.06. The van der Waals surface area contributed by atoms with Crippen molar-refractivity contribution >= 4 is 29.1 Å². The van der Waals surface area contributed by atoms with E-state index in [1.807, 2.05) is 47.3 Å². The lowest BCUT2D eigenvalue weighted by atomic mass is 9.93. The van der Waals surface area contributed by atoms with E-state index in [1.165, 1.54) is 0 Å². The van der Waals surface area contributed by atoms with Crippen molar-refractivity contribution < 1.29 is 9.90 Å². The van der Waals surface area contributed by atoms with Crippen LogP contribution in [0, 0.1) is 6.92 Å². The van der Waals surface area contributed by atoms with Crippen LogP contribution in [0.25, 0.3) is 5.57 Å². The van der Waals surface area contributed by atoms with E-state index in [1.54, 1.807) is 24.0 Å². The number of hydrogen-bond acceptors (Lipinski definition) is 4. The molecule has 1 amide bonds. The Bertz CT molecular complexity index is 990. The van der Waals surface area contributed by atoms with Gasteiger partial charge in [0.05, 0.1) is 16.8 Å². The summed E-state index contributed by atoms with van der Waals surface area (Å²) in [6, 6.07) is 11.6. The van der Waals surface area contributed by atoms with Crippen molar-refractivity contribution in [3.05, 3.63) is 59.3 Å². The fraction of sp³-hybridized carbons (Fsp3) is 0.333. The lowest BCUT2D eigenvalue weighted by molar-refractivity contribution is 0.0764. The molecule has 0 bridgehead atoms. The minimum Gasteiger partial charge on any atom is -0.508 e. The predicted octanol–water partition coefficient (Wildman–Crippen LogP) is 5.15. The van der Waals surface area contributed by atoms with Crippen LogP contribution in [-0.4, -0.2) is 41.8 Å². The average molecular weight is 392 g/mol. The molecule has 29 heavy (non-hydrogen) atoms. The number of phenolic OH excluding ortho intramolecular Hbond substituents is 1. The van der Waals surface area contributed by atoms with Gasteiger partial charge < -0.3 is 14.9 Å². The zero-order chi connectivity index (χ0) is 21.3. The van der Waals surface area contributed by atoms with E-state index in [0.717, 1.165) is 16.8 Å². The second-order valence-corrected chi connectivity index (χ2v) is 7.72. The number of anilines is 1. The summed E-state index contributed by atoms with van der Waals surface area (Å²) in [5, 5.41) is 9.96. The van der Waals surface area contributed by atoms with Gasteiger partial charge in [0.2, 0.25) is 0 Å². The third-order valence-corrected chi connectivity index (χ3v) is 5.38. The van der Waals surface area contributed by atoms with Gasteiger partial charge in [-0.05, 0) is 48.7 Å². The Morgan fingerprint density at radius 3 is 2.41 bits per heavy atom. The Balaban J connectivity index is 0.00000117. The molecule has 1 atom stereocenters. The summed E-state index contributed by atoms with van der Waals surface area (Å²) in [6.45, 7) is 7.80. The number of benzene rings is 2. The molecule has 152 valence electrons. The number of nitrogens with zero attached hydrogens (tertiary/aromatic N) is 3. The topological polar surface area (TPSA) is 56.1 Å². The number of rotatable bonds is 2. The summed E-state index contributed by atoms with van der Waals surface area (Å²) in [5.41, 5.74) is 4.55. The summed E-state index contributed by atoms with van der Waals surface area (Å²) in [6.07, 6.45) is 4.46. The molecule has 4 rings (SSSR count). The SMILES string of the molecule is CC.Cc1cc2c(cc1O)N=CC1(C)CC(c3ccc(N(C)C)cc3)=CN1C2=O. The molecular formula is C24H29N3O2. The van der Waals surface area contributed by atoms with Crippen molar-refractivity contribution in [3.8, 4) is 5.75 Å². The number of carbonyl (C=O) groups is 1. The monoisotopic (exact) mass is 391 g/mol. The van der Waals surface area contributed by atoms with E-state index >= 15 is 0 Å². The van der Waals surface area contributed by atoms with Crippen LogP contribution in [0.1, 0.15) is 48.7 Å². The lowest BCUT2D eigenvalue weighted by Crippen LogP contribution is -2.43. The molecule has 0 fully saturated rings. The van der Waals surface area contributed by atoms with E-state index in [9.17, 15) is 9.90 Å². The molecule has 0 saturated heterocycles. The van der Waals surface area contributed by atoms with E-state index in [2.05, 4.69) is 34.2 Å². The molecule has 2 aliphatic rings. The summed E-state index contributed by atoms with van der Waals surface area (Å²) in [4.78, 5) is 21.6. The standard InChI is InChI=1S/C22H23N3O2.C2H6/c1-14-9-18-19(10-20(14)26)23-13-22(2)11-16(12-25(22)21(18)27)15-5-7-17(8-6-15)24(3)4;1-2/h5-10,12-13,26H,11H2,1-4H3;1-2H3. The molecule has 2 heterocycles. The van der Waals surface area contributed by atoms with Gasteiger partial charge in [-0.2, -0.15) is 0 Å². The third-order valence-electron chi connectivity index (χ3n) is 5.38. The highest BCUT2D eigenvalue weighted by Crippen LogP contribution is 2.41. The molecule has 0 spiro atoms. The van der Waals surface area contributed by atoms with Crippen LogP contribution in [-0.2, 0) is 0 Å². The number of hydrogen-bond donors (Lipinski definition) is 1. The quantitative estimate of drug-likeness (QED) is 0.770. The maximum atomic E-state index is 13.2. The van der Waals surface area contributed by atoms with Crippen molar-refractivity contribution in [3.63, 3.8) is 0 Å². The van der Waals surface area contributed by atoms with Gasteiger partial charge in [-0.1, -0.05) is 26.0 Å². The van der Waals surface area contributed by atoms with Crippen molar-refractivity contribution in [2.75, 3.05) is 19.0 Å². The maximum absolute atomic E-state index is 13.2. The van der Waals surface area contributed by atoms with Gasteiger partial charge in [-0.15, -0.1) is 0 Å². The molecule has 2 aromatic carbocycles. The van der Waals surface area contributed by atoms with Crippen LogP contribution in [0.2, 0.25) is 0 Å². The van der Waals surface area contributed by atoms with Crippen molar-refractivity contribution in [1.82, 2.24) is 4.90 Å². The molecule has 0 radical (unpaired) electrons. The van der Waals surface area contributed by atoms with Gasteiger partial charge >= 0.3 is 0 Å². The maximum Gasteiger partial charge on any atom is 0.260 e. The van der Waals surface area contributed by atoms with Crippen LogP contribution >= 0.6 is 0 Å². The summed E-state index contributed by atoms with van der Waals surface area (Å²) < 4.78 is 0. The van der Waals surface area contributed by atoms with Crippen molar-refractivity contribution in [1.29, 1.82) is 0 Å². The Kier molecular flexibility index (Phi) is 5.51. The van der Waals surface area contributed by atoms with Crippen LogP contribution in [0.5, 0.6) is 5.75 Å². The molecule has 0 aliphatic carbocycles. The van der Waals surface area contributed by atoms with Crippen LogP contribution < -0.4 is 4.90 Å². The van der Waals surface area contributed by atoms with Gasteiger partial charge in [0.15, 0.2) is 0 Å². The second kappa shape index (κ2) is 7.74. The molecule has 1 N–H and O–H groups in total. The molecule has 0 aromatic heterocycles. The second-order valence-electron chi connectivity index (χ2n) is 7.72. The zero-order valence-electron chi connectivity index (χ0n) is 18.0. The third kappa shape index (κ3) is 3.65. The average Bonchev–Trinajstić information content (AvgIpc) is 3.03. The van der Waals surface area contributed by atoms with Crippen molar-refractivity contribution in [2.45, 2.75) is 39.7 Å². The molecule has 5 nitrogen and oxygen atoms in total. The predicted molar refractivity (Wildman–Crippen MR) is 120 cm³/mol. The summed E-state index contributed by atoms with van der Waals surface area (Å²) in [7, 11) is 4.03. The number of phenols is 1. The van der Waals surface area contributed by atoms with E-state index in [4.69, 9.17) is 0 Å². The lowest BCUT2D eigenvalue weighted by Gasteiger charge is -2.29. The number of carbonyl (C=O) groups excluding carboxylic acids is 1. The van der Waals surface area contributed by atoms with E-state index in [0.29, 0.717) is 23.2 Å². The minimum atomic E-state index is -0.519. The largest absolute Gasteiger partial charge is 0.508 e. The first kappa shape index (κ1) is 20.6.